The number of hydrogen-bond acceptors (Lipinski definition) is 4. The van der Waals surface area contributed by atoms with Crippen LogP contribution in [0.2, 0.25) is 0 Å². The fraction of sp³-hybridized carbons (Fsp3) is 0.591. The molecule has 0 spiro atoms. The molecule has 4 heteroatoms. The highest BCUT2D eigenvalue weighted by Crippen LogP contribution is 2.44. The Morgan fingerprint density at radius 3 is 2.65 bits per heavy atom. The lowest BCUT2D eigenvalue weighted by Crippen LogP contribution is -2.48. The third kappa shape index (κ3) is 3.82. The van der Waals surface area contributed by atoms with Gasteiger partial charge in [-0.3, -0.25) is 9.59 Å². The largest absolute Gasteiger partial charge is 0.458 e. The molecular formula is C22H27NO3. The molecule has 1 aliphatic carbocycles. The Morgan fingerprint density at radius 1 is 1.27 bits per heavy atom. The fourth-order valence-electron chi connectivity index (χ4n) is 4.42. The van der Waals surface area contributed by atoms with Crippen molar-refractivity contribution in [2.45, 2.75) is 76.2 Å². The summed E-state index contributed by atoms with van der Waals surface area (Å²) in [7, 11) is 0. The summed E-state index contributed by atoms with van der Waals surface area (Å²) < 4.78 is 5.86. The average molecular weight is 353 g/mol. The van der Waals surface area contributed by atoms with E-state index in [0.717, 1.165) is 43.2 Å². The van der Waals surface area contributed by atoms with E-state index in [4.69, 9.17) is 4.74 Å². The van der Waals surface area contributed by atoms with E-state index in [1.807, 2.05) is 32.0 Å². The lowest BCUT2D eigenvalue weighted by atomic mass is 9.75. The summed E-state index contributed by atoms with van der Waals surface area (Å²) in [5, 5.41) is 9.37. The summed E-state index contributed by atoms with van der Waals surface area (Å²) in [6.45, 7) is 3.82. The van der Waals surface area contributed by atoms with E-state index in [2.05, 4.69) is 12.1 Å². The number of cyclic esters (lactones) is 1. The van der Waals surface area contributed by atoms with Crippen LogP contribution in [0.25, 0.3) is 0 Å². The van der Waals surface area contributed by atoms with Gasteiger partial charge in [-0.25, -0.2) is 0 Å². The first-order valence-corrected chi connectivity index (χ1v) is 9.59. The van der Waals surface area contributed by atoms with Gasteiger partial charge >= 0.3 is 5.97 Å². The van der Waals surface area contributed by atoms with Gasteiger partial charge in [-0.1, -0.05) is 37.1 Å². The van der Waals surface area contributed by atoms with Gasteiger partial charge in [0.05, 0.1) is 11.5 Å². The zero-order valence-electron chi connectivity index (χ0n) is 15.7. The van der Waals surface area contributed by atoms with Crippen LogP contribution in [0, 0.1) is 17.2 Å². The number of hydrogen-bond donors (Lipinski definition) is 0. The van der Waals surface area contributed by atoms with Crippen molar-refractivity contribution in [2.24, 2.45) is 5.92 Å². The molecule has 0 aromatic heterocycles. The molecule has 1 heterocycles. The van der Waals surface area contributed by atoms with Crippen LogP contribution in [0.15, 0.2) is 24.3 Å². The molecule has 0 bridgehead atoms. The Balaban J connectivity index is 1.81. The molecule has 1 atom stereocenters. The Kier molecular flexibility index (Phi) is 5.18. The van der Waals surface area contributed by atoms with E-state index in [9.17, 15) is 14.9 Å². The quantitative estimate of drug-likeness (QED) is 0.586. The number of Topliss-reactive ketones (excluding diaryl/α,β-unsaturated/α-hetero) is 1. The number of ether oxygens (including phenoxy) is 1. The lowest BCUT2D eigenvalue weighted by molar-refractivity contribution is -0.178. The minimum absolute atomic E-state index is 0.00696. The molecule has 0 N–H and O–H groups in total. The van der Waals surface area contributed by atoms with Gasteiger partial charge in [-0.05, 0) is 56.6 Å². The highest BCUT2D eigenvalue weighted by Gasteiger charge is 2.47. The molecule has 2 fully saturated rings. The second-order valence-corrected chi connectivity index (χ2v) is 8.35. The molecule has 0 amide bonds. The van der Waals surface area contributed by atoms with Gasteiger partial charge in [0.15, 0.2) is 0 Å². The zero-order chi connectivity index (χ0) is 18.8. The van der Waals surface area contributed by atoms with Crippen LogP contribution in [-0.2, 0) is 26.2 Å². The van der Waals surface area contributed by atoms with Crippen molar-refractivity contribution in [1.29, 1.82) is 5.26 Å². The molecule has 3 rings (SSSR count). The summed E-state index contributed by atoms with van der Waals surface area (Å²) in [5.74, 6) is -0.0746. The van der Waals surface area contributed by atoms with E-state index in [1.165, 1.54) is 0 Å². The Morgan fingerprint density at radius 2 is 2.00 bits per heavy atom. The molecule has 1 unspecified atom stereocenters. The number of nitrogens with zero attached hydrogens (tertiary/aromatic N) is 1. The summed E-state index contributed by atoms with van der Waals surface area (Å²) in [5.41, 5.74) is 0.942. The maximum absolute atomic E-state index is 12.1. The van der Waals surface area contributed by atoms with Crippen LogP contribution in [0.1, 0.15) is 69.9 Å². The first-order chi connectivity index (χ1) is 12.3. The van der Waals surface area contributed by atoms with Crippen molar-refractivity contribution in [2.75, 3.05) is 0 Å². The number of nitriles is 1. The Labute approximate surface area is 155 Å². The van der Waals surface area contributed by atoms with Crippen molar-refractivity contribution in [3.8, 4) is 6.07 Å². The fourth-order valence-corrected chi connectivity index (χ4v) is 4.42. The monoisotopic (exact) mass is 353 g/mol. The lowest BCUT2D eigenvalue weighted by Gasteiger charge is -2.41. The topological polar surface area (TPSA) is 67.2 Å². The van der Waals surface area contributed by atoms with Crippen molar-refractivity contribution in [3.63, 3.8) is 0 Å². The number of carbonyl (C=O) groups excluding carboxylic acids is 2. The van der Waals surface area contributed by atoms with Crippen molar-refractivity contribution >= 4 is 11.8 Å². The molecule has 2 aliphatic rings. The van der Waals surface area contributed by atoms with E-state index in [-0.39, 0.29) is 24.1 Å². The highest BCUT2D eigenvalue weighted by molar-refractivity contribution is 5.98. The predicted octanol–water partition coefficient (Wildman–Crippen LogP) is 4.26. The molecule has 1 aliphatic heterocycles. The van der Waals surface area contributed by atoms with Gasteiger partial charge in [-0.15, -0.1) is 0 Å². The molecule has 1 aromatic carbocycles. The Bertz CT molecular complexity index is 722. The summed E-state index contributed by atoms with van der Waals surface area (Å²) in [6, 6.07) is 10.4. The van der Waals surface area contributed by atoms with Gasteiger partial charge in [0.2, 0.25) is 0 Å². The third-order valence-corrected chi connectivity index (χ3v) is 6.02. The number of aryl methyl sites for hydroxylation is 1. The molecule has 26 heavy (non-hydrogen) atoms. The maximum atomic E-state index is 12.1. The van der Waals surface area contributed by atoms with Gasteiger partial charge in [0, 0.05) is 6.42 Å². The third-order valence-electron chi connectivity index (χ3n) is 6.02. The number of esters is 1. The van der Waals surface area contributed by atoms with Crippen LogP contribution >= 0.6 is 0 Å². The summed E-state index contributed by atoms with van der Waals surface area (Å²) in [4.78, 5) is 24.1. The summed E-state index contributed by atoms with van der Waals surface area (Å²) >= 11 is 0. The first kappa shape index (κ1) is 18.6. The van der Waals surface area contributed by atoms with Crippen molar-refractivity contribution < 1.29 is 14.3 Å². The molecule has 1 saturated carbocycles. The van der Waals surface area contributed by atoms with E-state index in [1.54, 1.807) is 0 Å². The molecule has 1 aromatic rings. The van der Waals surface area contributed by atoms with E-state index in [0.29, 0.717) is 12.8 Å². The van der Waals surface area contributed by atoms with E-state index >= 15 is 0 Å². The van der Waals surface area contributed by atoms with Crippen LogP contribution in [0.5, 0.6) is 0 Å². The first-order valence-electron chi connectivity index (χ1n) is 9.59. The van der Waals surface area contributed by atoms with Crippen molar-refractivity contribution in [3.05, 3.63) is 35.4 Å². The molecule has 4 nitrogen and oxygen atoms in total. The molecule has 1 saturated heterocycles. The summed E-state index contributed by atoms with van der Waals surface area (Å²) in [6.07, 6.45) is 6.03. The standard InChI is InChI=1S/C22H27NO3/c1-21(2,15-23)18-9-5-6-16(12-18)10-11-22(17-7-3-4-8-17)14-19(24)13-20(25)26-22/h5-6,9,12,17H,3-4,7-8,10-11,13-14H2,1-2H3. The second-order valence-electron chi connectivity index (χ2n) is 8.35. The number of carbonyl (C=O) groups is 2. The normalized spacial score (nSPS) is 24.3. The minimum atomic E-state index is -0.635. The smallest absolute Gasteiger partial charge is 0.313 e. The van der Waals surface area contributed by atoms with Gasteiger partial charge in [0.1, 0.15) is 17.8 Å². The molecular weight excluding hydrogens is 326 g/mol. The molecule has 0 radical (unpaired) electrons. The molecule has 138 valence electrons. The van der Waals surface area contributed by atoms with Crippen molar-refractivity contribution in [1.82, 2.24) is 0 Å². The number of benzene rings is 1. The van der Waals surface area contributed by atoms with Gasteiger partial charge in [0.25, 0.3) is 0 Å². The second kappa shape index (κ2) is 7.23. The zero-order valence-corrected chi connectivity index (χ0v) is 15.7. The van der Waals surface area contributed by atoms with Crippen LogP contribution in [0.4, 0.5) is 0 Å². The average Bonchev–Trinajstić information content (AvgIpc) is 3.15. The minimum Gasteiger partial charge on any atom is -0.458 e. The van der Waals surface area contributed by atoms with Gasteiger partial charge in [-0.2, -0.15) is 5.26 Å². The number of rotatable bonds is 5. The maximum Gasteiger partial charge on any atom is 0.313 e. The highest BCUT2D eigenvalue weighted by atomic mass is 16.6. The van der Waals surface area contributed by atoms with Crippen LogP contribution < -0.4 is 0 Å². The van der Waals surface area contributed by atoms with Crippen LogP contribution in [0.3, 0.4) is 0 Å². The Hall–Kier alpha value is -2.15. The number of ketones is 1. The van der Waals surface area contributed by atoms with Gasteiger partial charge < -0.3 is 4.74 Å². The van der Waals surface area contributed by atoms with Crippen LogP contribution in [-0.4, -0.2) is 17.4 Å². The van der Waals surface area contributed by atoms with E-state index < -0.39 is 11.0 Å². The predicted molar refractivity (Wildman–Crippen MR) is 98.4 cm³/mol. The SMILES string of the molecule is CC(C)(C#N)c1cccc(CCC2(C3CCCC3)CC(=O)CC(=O)O2)c1.